The molecular formula is C19H30N4O. The summed E-state index contributed by atoms with van der Waals surface area (Å²) in [7, 11) is 0. The fourth-order valence-corrected chi connectivity index (χ4v) is 3.24. The Morgan fingerprint density at radius 3 is 2.83 bits per heavy atom. The van der Waals surface area contributed by atoms with E-state index in [2.05, 4.69) is 48.3 Å². The first-order valence-corrected chi connectivity index (χ1v) is 8.96. The average Bonchev–Trinajstić information content (AvgIpc) is 2.58. The van der Waals surface area contributed by atoms with E-state index in [9.17, 15) is 4.79 Å². The number of hydrogen-bond acceptors (Lipinski definition) is 2. The minimum atomic E-state index is -0.207. The van der Waals surface area contributed by atoms with Gasteiger partial charge in [0.15, 0.2) is 5.96 Å². The Morgan fingerprint density at radius 1 is 1.42 bits per heavy atom. The molecule has 0 aromatic heterocycles. The number of nitrogens with zero attached hydrogens (tertiary/aromatic N) is 2. The van der Waals surface area contributed by atoms with Crippen LogP contribution in [0.15, 0.2) is 35.3 Å². The number of hydrogen-bond donors (Lipinski definition) is 2. The van der Waals surface area contributed by atoms with E-state index >= 15 is 0 Å². The molecule has 0 bridgehead atoms. The van der Waals surface area contributed by atoms with E-state index in [1.807, 2.05) is 6.07 Å². The van der Waals surface area contributed by atoms with Crippen molar-refractivity contribution in [3.63, 3.8) is 0 Å². The van der Waals surface area contributed by atoms with E-state index in [-0.39, 0.29) is 5.91 Å². The maximum Gasteiger partial charge on any atom is 0.217 e. The summed E-state index contributed by atoms with van der Waals surface area (Å²) in [6, 6.07) is 10.5. The Labute approximate surface area is 145 Å². The van der Waals surface area contributed by atoms with Crippen molar-refractivity contribution in [1.82, 2.24) is 10.2 Å². The van der Waals surface area contributed by atoms with Gasteiger partial charge in [-0.1, -0.05) is 37.3 Å². The van der Waals surface area contributed by atoms with Gasteiger partial charge in [0.1, 0.15) is 0 Å². The largest absolute Gasteiger partial charge is 0.370 e. The lowest BCUT2D eigenvalue weighted by Crippen LogP contribution is -2.47. The number of carbonyl (C=O) groups is 1. The molecule has 1 aliphatic heterocycles. The maximum atomic E-state index is 11.2. The number of guanidine groups is 1. The number of likely N-dealkylation sites (tertiary alicyclic amines) is 1. The zero-order valence-electron chi connectivity index (χ0n) is 14.9. The molecule has 1 fully saturated rings. The Kier molecular flexibility index (Phi) is 7.09. The molecule has 0 radical (unpaired) electrons. The van der Waals surface area contributed by atoms with Gasteiger partial charge in [0.2, 0.25) is 5.91 Å². The number of nitrogens with two attached hydrogens (primary N) is 1. The van der Waals surface area contributed by atoms with Gasteiger partial charge in [-0.25, -0.2) is 0 Å². The number of amides is 1. The van der Waals surface area contributed by atoms with Crippen LogP contribution in [0.3, 0.4) is 0 Å². The van der Waals surface area contributed by atoms with E-state index in [4.69, 9.17) is 10.7 Å². The predicted molar refractivity (Wildman–Crippen MR) is 98.9 cm³/mol. The van der Waals surface area contributed by atoms with Gasteiger partial charge in [0.25, 0.3) is 0 Å². The first-order valence-electron chi connectivity index (χ1n) is 8.96. The van der Waals surface area contributed by atoms with Crippen molar-refractivity contribution in [1.29, 1.82) is 0 Å². The maximum absolute atomic E-state index is 11.2. The van der Waals surface area contributed by atoms with E-state index in [1.165, 1.54) is 5.56 Å². The molecule has 2 unspecified atom stereocenters. The standard InChI is InChI=1S/C19H30N4O/c1-3-21-19(22-13-15(2)17-9-5-4-6-10-17)23-11-7-8-16(14-23)12-18(20)24/h4-6,9-10,15-16H,3,7-8,11-14H2,1-2H3,(H2,20,24)(H,21,22). The summed E-state index contributed by atoms with van der Waals surface area (Å²) in [5, 5.41) is 3.39. The molecule has 1 aromatic rings. The number of benzene rings is 1. The summed E-state index contributed by atoms with van der Waals surface area (Å²) >= 11 is 0. The number of primary amides is 1. The fraction of sp³-hybridized carbons (Fsp3) is 0.579. The molecule has 1 heterocycles. The highest BCUT2D eigenvalue weighted by molar-refractivity contribution is 5.80. The van der Waals surface area contributed by atoms with Crippen molar-refractivity contribution < 1.29 is 4.79 Å². The van der Waals surface area contributed by atoms with Crippen LogP contribution in [0.1, 0.15) is 44.6 Å². The lowest BCUT2D eigenvalue weighted by Gasteiger charge is -2.34. The van der Waals surface area contributed by atoms with Crippen molar-refractivity contribution in [2.45, 2.75) is 39.0 Å². The molecule has 1 aliphatic rings. The van der Waals surface area contributed by atoms with Gasteiger partial charge in [0.05, 0.1) is 0 Å². The van der Waals surface area contributed by atoms with Crippen molar-refractivity contribution in [2.24, 2.45) is 16.6 Å². The SMILES string of the molecule is CCNC(=NCC(C)c1ccccc1)N1CCCC(CC(N)=O)C1. The number of nitrogens with one attached hydrogen (secondary N) is 1. The molecule has 2 rings (SSSR count). The number of piperidine rings is 1. The first kappa shape index (κ1) is 18.3. The lowest BCUT2D eigenvalue weighted by molar-refractivity contribution is -0.119. The monoisotopic (exact) mass is 330 g/mol. The summed E-state index contributed by atoms with van der Waals surface area (Å²) in [6.07, 6.45) is 2.62. The average molecular weight is 330 g/mol. The molecule has 0 spiro atoms. The molecule has 5 nitrogen and oxygen atoms in total. The topological polar surface area (TPSA) is 70.7 Å². The van der Waals surface area contributed by atoms with Gasteiger partial charge in [-0.3, -0.25) is 9.79 Å². The van der Waals surface area contributed by atoms with Crippen molar-refractivity contribution in [3.8, 4) is 0 Å². The normalized spacial score (nSPS) is 19.8. The molecule has 1 aromatic carbocycles. The zero-order chi connectivity index (χ0) is 17.4. The third-order valence-corrected chi connectivity index (χ3v) is 4.53. The Bertz CT molecular complexity index is 544. The summed E-state index contributed by atoms with van der Waals surface area (Å²) in [4.78, 5) is 18.3. The third kappa shape index (κ3) is 5.55. The third-order valence-electron chi connectivity index (χ3n) is 4.53. The van der Waals surface area contributed by atoms with Crippen LogP contribution < -0.4 is 11.1 Å². The summed E-state index contributed by atoms with van der Waals surface area (Å²) in [5.41, 5.74) is 6.67. The minimum Gasteiger partial charge on any atom is -0.370 e. The van der Waals surface area contributed by atoms with Crippen LogP contribution in [0.4, 0.5) is 0 Å². The Hall–Kier alpha value is -2.04. The van der Waals surface area contributed by atoms with Crippen LogP contribution in [0.5, 0.6) is 0 Å². The first-order chi connectivity index (χ1) is 11.6. The molecule has 0 aliphatic carbocycles. The van der Waals surface area contributed by atoms with Crippen LogP contribution in [0.25, 0.3) is 0 Å². The predicted octanol–water partition coefficient (Wildman–Crippen LogP) is 2.34. The number of rotatable bonds is 6. The van der Waals surface area contributed by atoms with E-state index in [0.717, 1.165) is 45.0 Å². The van der Waals surface area contributed by atoms with Crippen LogP contribution in [0.2, 0.25) is 0 Å². The van der Waals surface area contributed by atoms with Crippen LogP contribution in [-0.4, -0.2) is 42.9 Å². The van der Waals surface area contributed by atoms with Crippen LogP contribution in [-0.2, 0) is 4.79 Å². The van der Waals surface area contributed by atoms with Gasteiger partial charge in [0, 0.05) is 38.5 Å². The molecule has 1 saturated heterocycles. The second kappa shape index (κ2) is 9.30. The second-order valence-corrected chi connectivity index (χ2v) is 6.63. The summed E-state index contributed by atoms with van der Waals surface area (Å²) < 4.78 is 0. The van der Waals surface area contributed by atoms with Gasteiger partial charge >= 0.3 is 0 Å². The quantitative estimate of drug-likeness (QED) is 0.621. The lowest BCUT2D eigenvalue weighted by atomic mass is 9.95. The Balaban J connectivity index is 2.00. The number of carbonyl (C=O) groups excluding carboxylic acids is 1. The summed E-state index contributed by atoms with van der Waals surface area (Å²) in [5.74, 6) is 1.47. The molecular weight excluding hydrogens is 300 g/mol. The molecule has 0 saturated carbocycles. The van der Waals surface area contributed by atoms with Gasteiger partial charge < -0.3 is 16.0 Å². The zero-order valence-corrected chi connectivity index (χ0v) is 14.9. The highest BCUT2D eigenvalue weighted by atomic mass is 16.1. The molecule has 24 heavy (non-hydrogen) atoms. The molecule has 2 atom stereocenters. The van der Waals surface area contributed by atoms with Crippen molar-refractivity contribution in [3.05, 3.63) is 35.9 Å². The minimum absolute atomic E-state index is 0.207. The van der Waals surface area contributed by atoms with Crippen LogP contribution in [0, 0.1) is 5.92 Å². The van der Waals surface area contributed by atoms with Gasteiger partial charge in [-0.15, -0.1) is 0 Å². The van der Waals surface area contributed by atoms with Crippen molar-refractivity contribution >= 4 is 11.9 Å². The number of aliphatic imine (C=N–C) groups is 1. The summed E-state index contributed by atoms with van der Waals surface area (Å²) in [6.45, 7) is 7.73. The molecule has 3 N–H and O–H groups in total. The highest BCUT2D eigenvalue weighted by Gasteiger charge is 2.23. The smallest absolute Gasteiger partial charge is 0.217 e. The Morgan fingerprint density at radius 2 is 2.17 bits per heavy atom. The molecule has 132 valence electrons. The fourth-order valence-electron chi connectivity index (χ4n) is 3.24. The van der Waals surface area contributed by atoms with Gasteiger partial charge in [-0.2, -0.15) is 0 Å². The molecule has 5 heteroatoms. The van der Waals surface area contributed by atoms with E-state index in [1.54, 1.807) is 0 Å². The van der Waals surface area contributed by atoms with Gasteiger partial charge in [-0.05, 0) is 31.2 Å². The highest BCUT2D eigenvalue weighted by Crippen LogP contribution is 2.20. The van der Waals surface area contributed by atoms with E-state index < -0.39 is 0 Å². The second-order valence-electron chi connectivity index (χ2n) is 6.63. The van der Waals surface area contributed by atoms with Crippen LogP contribution >= 0.6 is 0 Å². The van der Waals surface area contributed by atoms with Crippen molar-refractivity contribution in [2.75, 3.05) is 26.2 Å². The van der Waals surface area contributed by atoms with E-state index in [0.29, 0.717) is 18.3 Å². The molecule has 1 amide bonds.